The van der Waals surface area contributed by atoms with E-state index in [-0.39, 0.29) is 6.42 Å². The van der Waals surface area contributed by atoms with E-state index >= 15 is 0 Å². The summed E-state index contributed by atoms with van der Waals surface area (Å²) in [6.07, 6.45) is 5.91. The SMILES string of the molecule is CCC(CC)n1cc(CC(=O)O)c2cc(-c3ccc4ncccc4c3)ccc21. The average Bonchev–Trinajstić information content (AvgIpc) is 3.05. The number of hydrogen-bond donors (Lipinski definition) is 1. The van der Waals surface area contributed by atoms with Gasteiger partial charge in [-0.05, 0) is 59.9 Å². The summed E-state index contributed by atoms with van der Waals surface area (Å²) in [5, 5.41) is 11.5. The van der Waals surface area contributed by atoms with Crippen LogP contribution >= 0.6 is 0 Å². The summed E-state index contributed by atoms with van der Waals surface area (Å²) in [5.74, 6) is -0.800. The summed E-state index contributed by atoms with van der Waals surface area (Å²) in [4.78, 5) is 15.8. The number of benzene rings is 2. The van der Waals surface area contributed by atoms with Crippen molar-refractivity contribution < 1.29 is 9.90 Å². The maximum atomic E-state index is 11.4. The molecule has 4 nitrogen and oxygen atoms in total. The van der Waals surface area contributed by atoms with E-state index in [1.807, 2.05) is 18.3 Å². The normalized spacial score (nSPS) is 11.5. The van der Waals surface area contributed by atoms with Gasteiger partial charge in [-0.3, -0.25) is 9.78 Å². The average molecular weight is 372 g/mol. The molecule has 0 bridgehead atoms. The number of carboxylic acids is 1. The summed E-state index contributed by atoms with van der Waals surface area (Å²) in [5.41, 5.74) is 5.15. The minimum Gasteiger partial charge on any atom is -0.481 e. The number of carboxylic acid groups (broad SMARTS) is 1. The Kier molecular flexibility index (Phi) is 4.86. The van der Waals surface area contributed by atoms with Crippen molar-refractivity contribution in [1.29, 1.82) is 0 Å². The maximum absolute atomic E-state index is 11.4. The van der Waals surface area contributed by atoms with E-state index in [1.165, 1.54) is 0 Å². The zero-order chi connectivity index (χ0) is 19.7. The molecular formula is C24H24N2O2. The number of carbonyl (C=O) groups is 1. The molecular weight excluding hydrogens is 348 g/mol. The molecule has 0 amide bonds. The molecule has 28 heavy (non-hydrogen) atoms. The van der Waals surface area contributed by atoms with Crippen LogP contribution in [0, 0.1) is 0 Å². The lowest BCUT2D eigenvalue weighted by molar-refractivity contribution is -0.136. The highest BCUT2D eigenvalue weighted by molar-refractivity contribution is 5.92. The third kappa shape index (κ3) is 3.26. The molecule has 4 rings (SSSR count). The molecule has 0 aliphatic heterocycles. The van der Waals surface area contributed by atoms with E-state index in [0.717, 1.165) is 51.3 Å². The molecule has 0 unspecified atom stereocenters. The third-order valence-electron chi connectivity index (χ3n) is 5.53. The second-order valence-electron chi connectivity index (χ2n) is 7.25. The lowest BCUT2D eigenvalue weighted by atomic mass is 10.00. The van der Waals surface area contributed by atoms with E-state index in [4.69, 9.17) is 0 Å². The second-order valence-corrected chi connectivity index (χ2v) is 7.25. The molecule has 2 aromatic carbocycles. The molecule has 0 saturated heterocycles. The zero-order valence-corrected chi connectivity index (χ0v) is 16.2. The van der Waals surface area contributed by atoms with Crippen molar-refractivity contribution in [2.24, 2.45) is 0 Å². The fraction of sp³-hybridized carbons (Fsp3) is 0.250. The lowest BCUT2D eigenvalue weighted by Crippen LogP contribution is -2.05. The van der Waals surface area contributed by atoms with Gasteiger partial charge in [0.05, 0.1) is 11.9 Å². The number of fused-ring (bicyclic) bond motifs is 2. The molecule has 0 fully saturated rings. The van der Waals surface area contributed by atoms with Gasteiger partial charge in [0.1, 0.15) is 0 Å². The largest absolute Gasteiger partial charge is 0.481 e. The van der Waals surface area contributed by atoms with Gasteiger partial charge in [-0.15, -0.1) is 0 Å². The molecule has 142 valence electrons. The van der Waals surface area contributed by atoms with Crippen molar-refractivity contribution in [2.45, 2.75) is 39.2 Å². The van der Waals surface area contributed by atoms with Gasteiger partial charge in [0, 0.05) is 34.7 Å². The quantitative estimate of drug-likeness (QED) is 0.462. The highest BCUT2D eigenvalue weighted by atomic mass is 16.4. The van der Waals surface area contributed by atoms with Gasteiger partial charge in [0.15, 0.2) is 0 Å². The molecule has 4 aromatic rings. The van der Waals surface area contributed by atoms with Crippen LogP contribution in [-0.2, 0) is 11.2 Å². The molecule has 0 saturated carbocycles. The molecule has 2 heterocycles. The number of aliphatic carboxylic acids is 1. The fourth-order valence-electron chi connectivity index (χ4n) is 4.05. The van der Waals surface area contributed by atoms with Gasteiger partial charge in [-0.1, -0.05) is 32.0 Å². The lowest BCUT2D eigenvalue weighted by Gasteiger charge is -2.16. The molecule has 0 aliphatic carbocycles. The number of hydrogen-bond acceptors (Lipinski definition) is 2. The van der Waals surface area contributed by atoms with Crippen LogP contribution < -0.4 is 0 Å². The van der Waals surface area contributed by atoms with E-state index in [2.05, 4.69) is 59.8 Å². The number of nitrogens with zero attached hydrogens (tertiary/aromatic N) is 2. The van der Waals surface area contributed by atoms with Crippen molar-refractivity contribution in [1.82, 2.24) is 9.55 Å². The number of aromatic nitrogens is 2. The van der Waals surface area contributed by atoms with Crippen LogP contribution in [0.1, 0.15) is 38.3 Å². The molecule has 2 aromatic heterocycles. The first-order chi connectivity index (χ1) is 13.6. The minimum atomic E-state index is -0.800. The van der Waals surface area contributed by atoms with Crippen molar-refractivity contribution >= 4 is 27.8 Å². The van der Waals surface area contributed by atoms with Crippen molar-refractivity contribution in [3.63, 3.8) is 0 Å². The van der Waals surface area contributed by atoms with Gasteiger partial charge in [-0.2, -0.15) is 0 Å². The molecule has 0 aliphatic rings. The first kappa shape index (κ1) is 18.2. The van der Waals surface area contributed by atoms with Crippen LogP contribution in [0.3, 0.4) is 0 Å². The van der Waals surface area contributed by atoms with Crippen LogP contribution in [0.2, 0.25) is 0 Å². The van der Waals surface area contributed by atoms with Gasteiger partial charge in [0.2, 0.25) is 0 Å². The van der Waals surface area contributed by atoms with Crippen molar-refractivity contribution in [3.05, 3.63) is 66.5 Å². The Bertz CT molecular complexity index is 1160. The van der Waals surface area contributed by atoms with Crippen LogP contribution in [0.5, 0.6) is 0 Å². The number of rotatable bonds is 6. The molecule has 1 N–H and O–H groups in total. The summed E-state index contributed by atoms with van der Waals surface area (Å²) >= 11 is 0. The molecule has 4 heteroatoms. The monoisotopic (exact) mass is 372 g/mol. The summed E-state index contributed by atoms with van der Waals surface area (Å²) in [7, 11) is 0. The zero-order valence-electron chi connectivity index (χ0n) is 16.2. The highest BCUT2D eigenvalue weighted by Crippen LogP contribution is 2.32. The molecule has 0 spiro atoms. The topological polar surface area (TPSA) is 55.1 Å². The van der Waals surface area contributed by atoms with Crippen LogP contribution in [0.15, 0.2) is 60.9 Å². The Hall–Kier alpha value is -3.14. The second kappa shape index (κ2) is 7.47. The predicted octanol–water partition coefficient (Wildman–Crippen LogP) is 5.84. The van der Waals surface area contributed by atoms with Crippen molar-refractivity contribution in [2.75, 3.05) is 0 Å². The van der Waals surface area contributed by atoms with E-state index < -0.39 is 5.97 Å². The Balaban J connectivity index is 1.87. The summed E-state index contributed by atoms with van der Waals surface area (Å²) < 4.78 is 2.25. The first-order valence-electron chi connectivity index (χ1n) is 9.81. The van der Waals surface area contributed by atoms with Crippen LogP contribution in [0.25, 0.3) is 32.9 Å². The minimum absolute atomic E-state index is 0.0365. The van der Waals surface area contributed by atoms with Gasteiger partial charge in [-0.25, -0.2) is 0 Å². The predicted molar refractivity (Wildman–Crippen MR) is 114 cm³/mol. The Labute approximate surface area is 164 Å². The molecule has 0 radical (unpaired) electrons. The van der Waals surface area contributed by atoms with E-state index in [9.17, 15) is 9.90 Å². The van der Waals surface area contributed by atoms with Gasteiger partial charge in [0.25, 0.3) is 0 Å². The standard InChI is InChI=1S/C24H24N2O2/c1-3-20(4-2)26-15-19(14-24(27)28)21-13-17(8-10-23(21)26)16-7-9-22-18(12-16)6-5-11-25-22/h5-13,15,20H,3-4,14H2,1-2H3,(H,27,28). The Morgan fingerprint density at radius 2 is 1.82 bits per heavy atom. The first-order valence-corrected chi connectivity index (χ1v) is 9.81. The smallest absolute Gasteiger partial charge is 0.307 e. The van der Waals surface area contributed by atoms with Crippen molar-refractivity contribution in [3.8, 4) is 11.1 Å². The number of pyridine rings is 1. The third-order valence-corrected chi connectivity index (χ3v) is 5.53. The molecule has 0 atom stereocenters. The fourth-order valence-corrected chi connectivity index (χ4v) is 4.05. The summed E-state index contributed by atoms with van der Waals surface area (Å²) in [6.45, 7) is 4.35. The Morgan fingerprint density at radius 3 is 2.57 bits per heavy atom. The van der Waals surface area contributed by atoms with Gasteiger partial charge >= 0.3 is 5.97 Å². The van der Waals surface area contributed by atoms with E-state index in [1.54, 1.807) is 6.20 Å². The van der Waals surface area contributed by atoms with Crippen LogP contribution in [0.4, 0.5) is 0 Å². The highest BCUT2D eigenvalue weighted by Gasteiger charge is 2.16. The van der Waals surface area contributed by atoms with Crippen LogP contribution in [-0.4, -0.2) is 20.6 Å². The maximum Gasteiger partial charge on any atom is 0.307 e. The Morgan fingerprint density at radius 1 is 1.07 bits per heavy atom. The van der Waals surface area contributed by atoms with E-state index in [0.29, 0.717) is 6.04 Å². The van der Waals surface area contributed by atoms with Gasteiger partial charge < -0.3 is 9.67 Å². The summed E-state index contributed by atoms with van der Waals surface area (Å²) in [6, 6.07) is 17.0.